The zero-order valence-electron chi connectivity index (χ0n) is 28.8. The summed E-state index contributed by atoms with van der Waals surface area (Å²) < 4.78 is 11.2. The van der Waals surface area contributed by atoms with Gasteiger partial charge in [-0.05, 0) is 62.8 Å². The van der Waals surface area contributed by atoms with Crippen LogP contribution in [0.5, 0.6) is 5.75 Å². The van der Waals surface area contributed by atoms with Gasteiger partial charge in [0.25, 0.3) is 5.91 Å². The van der Waals surface area contributed by atoms with Crippen LogP contribution in [0.25, 0.3) is 0 Å². The van der Waals surface area contributed by atoms with E-state index in [0.29, 0.717) is 25.2 Å². The van der Waals surface area contributed by atoms with Crippen molar-refractivity contribution in [2.24, 2.45) is 0 Å². The first-order valence-electron chi connectivity index (χ1n) is 17.3. The van der Waals surface area contributed by atoms with Crippen LogP contribution in [0, 0.1) is 0 Å². The highest BCUT2D eigenvalue weighted by Crippen LogP contribution is 2.23. The number of carbonyl (C=O) groups is 6. The molecule has 2 aromatic rings. The molecule has 4 heterocycles. The van der Waals surface area contributed by atoms with E-state index in [9.17, 15) is 33.9 Å². The molecule has 6 rings (SSSR count). The Labute approximate surface area is 296 Å². The molecule has 2 bridgehead atoms. The maximum absolute atomic E-state index is 14.4. The Morgan fingerprint density at radius 2 is 1.73 bits per heavy atom. The molecule has 2 fully saturated rings. The smallest absolute Gasteiger partial charge is 0.258 e. The monoisotopic (exact) mass is 706 g/mol. The normalized spacial score (nSPS) is 27.4. The molecule has 6 N–H and O–H groups in total. The van der Waals surface area contributed by atoms with E-state index >= 15 is 0 Å². The van der Waals surface area contributed by atoms with Crippen LogP contribution in [-0.2, 0) is 46.3 Å². The van der Waals surface area contributed by atoms with Crippen LogP contribution in [0.4, 0.5) is 0 Å². The van der Waals surface area contributed by atoms with E-state index in [2.05, 4.69) is 26.6 Å². The molecule has 7 atom stereocenters. The van der Waals surface area contributed by atoms with Crippen LogP contribution in [-0.4, -0.2) is 114 Å². The van der Waals surface area contributed by atoms with Crippen molar-refractivity contribution >= 4 is 35.4 Å². The zero-order chi connectivity index (χ0) is 36.5. The average molecular weight is 707 g/mol. The number of carbonyl (C=O) groups excluding carboxylic acids is 6. The molecule has 4 aliphatic heterocycles. The van der Waals surface area contributed by atoms with Gasteiger partial charge in [-0.15, -0.1) is 0 Å². The SMILES string of the molecule is C[C@@H]1NC(=O)[C@H]([C@@H](C)O)NC(=O)[C@@H]2C[C@H](NC(=O)[C@@H]3CCCO3)CN2C(=O)[C@H](Cc2ccccc2)NC(=O)COc2ccc(cc2)CCNC1=O. The highest BCUT2D eigenvalue weighted by molar-refractivity contribution is 5.96. The number of aliphatic hydroxyl groups is 1. The number of fused-ring (bicyclic) bond motifs is 16. The standard InChI is InChI=1S/C36H46N6O9/c1-21-32(45)37-15-14-23-10-12-26(13-11-23)51-20-30(44)40-27(17-24-7-4-3-5-8-24)36(49)42-19-25(39-34(47)29-9-6-16-50-29)18-28(42)33(46)41-31(22(2)43)35(48)38-21/h3-5,7-8,10-13,21-22,25,27-29,31,43H,6,9,14-20H2,1-2H3,(H,37,45)(H,38,48)(H,39,47)(H,40,44)(H,41,46)/t21-,22+,25-,27-,28-,29-,31-/m0/s1. The van der Waals surface area contributed by atoms with E-state index in [-0.39, 0.29) is 38.4 Å². The maximum Gasteiger partial charge on any atom is 0.258 e. The third-order valence-electron chi connectivity index (χ3n) is 9.19. The third-order valence-corrected chi connectivity index (χ3v) is 9.19. The van der Waals surface area contributed by atoms with Gasteiger partial charge < -0.3 is 46.1 Å². The van der Waals surface area contributed by atoms with E-state index < -0.39 is 72.0 Å². The quantitative estimate of drug-likeness (QED) is 0.213. The van der Waals surface area contributed by atoms with Crippen molar-refractivity contribution < 1.29 is 43.3 Å². The lowest BCUT2D eigenvalue weighted by Gasteiger charge is -2.30. The lowest BCUT2D eigenvalue weighted by molar-refractivity contribution is -0.143. The second-order valence-corrected chi connectivity index (χ2v) is 13.2. The molecule has 15 nitrogen and oxygen atoms in total. The highest BCUT2D eigenvalue weighted by atomic mass is 16.5. The second kappa shape index (κ2) is 17.3. The van der Waals surface area contributed by atoms with Gasteiger partial charge in [0.15, 0.2) is 6.61 Å². The minimum atomic E-state index is -1.47. The molecule has 6 amide bonds. The van der Waals surface area contributed by atoms with Crippen molar-refractivity contribution in [2.45, 2.75) is 88.4 Å². The van der Waals surface area contributed by atoms with Crippen LogP contribution in [0.2, 0.25) is 0 Å². The first kappa shape index (κ1) is 37.2. The number of nitrogens with one attached hydrogen (secondary N) is 5. The minimum absolute atomic E-state index is 0.00585. The average Bonchev–Trinajstić information content (AvgIpc) is 3.81. The fourth-order valence-corrected chi connectivity index (χ4v) is 6.41. The summed E-state index contributed by atoms with van der Waals surface area (Å²) in [5.41, 5.74) is 1.64. The summed E-state index contributed by atoms with van der Waals surface area (Å²) in [7, 11) is 0. The van der Waals surface area contributed by atoms with Crippen LogP contribution in [0.1, 0.15) is 44.2 Å². The van der Waals surface area contributed by atoms with Crippen molar-refractivity contribution in [1.82, 2.24) is 31.5 Å². The molecular weight excluding hydrogens is 660 g/mol. The molecule has 4 aliphatic rings. The molecule has 0 spiro atoms. The van der Waals surface area contributed by atoms with E-state index in [4.69, 9.17) is 9.47 Å². The number of ether oxygens (including phenoxy) is 2. The zero-order valence-corrected chi connectivity index (χ0v) is 28.8. The summed E-state index contributed by atoms with van der Waals surface area (Å²) in [6.45, 7) is 3.08. The van der Waals surface area contributed by atoms with Gasteiger partial charge in [0.05, 0.1) is 6.10 Å². The van der Waals surface area contributed by atoms with Crippen molar-refractivity contribution in [3.05, 3.63) is 65.7 Å². The number of hydrogen-bond donors (Lipinski definition) is 6. The molecule has 0 aliphatic carbocycles. The van der Waals surface area contributed by atoms with E-state index in [0.717, 1.165) is 17.5 Å². The van der Waals surface area contributed by atoms with Crippen LogP contribution in [0.3, 0.4) is 0 Å². The Kier molecular flexibility index (Phi) is 12.6. The number of nitrogens with zero attached hydrogens (tertiary/aromatic N) is 1. The molecule has 0 aromatic heterocycles. The largest absolute Gasteiger partial charge is 0.484 e. The molecule has 274 valence electrons. The summed E-state index contributed by atoms with van der Waals surface area (Å²) >= 11 is 0. The second-order valence-electron chi connectivity index (χ2n) is 13.2. The fourth-order valence-electron chi connectivity index (χ4n) is 6.41. The van der Waals surface area contributed by atoms with Gasteiger partial charge in [-0.25, -0.2) is 0 Å². The van der Waals surface area contributed by atoms with Gasteiger partial charge in [0.1, 0.15) is 36.0 Å². The van der Waals surface area contributed by atoms with Gasteiger partial charge in [-0.2, -0.15) is 0 Å². The van der Waals surface area contributed by atoms with Crippen molar-refractivity contribution in [3.8, 4) is 5.75 Å². The molecule has 0 unspecified atom stereocenters. The van der Waals surface area contributed by atoms with Gasteiger partial charge in [-0.3, -0.25) is 28.8 Å². The van der Waals surface area contributed by atoms with E-state index in [1.165, 1.54) is 18.7 Å². The van der Waals surface area contributed by atoms with Crippen LogP contribution in [0.15, 0.2) is 54.6 Å². The molecule has 0 saturated carbocycles. The van der Waals surface area contributed by atoms with Gasteiger partial charge in [0, 0.05) is 32.2 Å². The lowest BCUT2D eigenvalue weighted by atomic mass is 10.0. The van der Waals surface area contributed by atoms with Gasteiger partial charge in [-0.1, -0.05) is 42.5 Å². The predicted molar refractivity (Wildman–Crippen MR) is 183 cm³/mol. The lowest BCUT2D eigenvalue weighted by Crippen LogP contribution is -2.60. The van der Waals surface area contributed by atoms with Crippen LogP contribution < -0.4 is 31.3 Å². The number of amides is 6. The Morgan fingerprint density at radius 1 is 0.980 bits per heavy atom. The minimum Gasteiger partial charge on any atom is -0.484 e. The summed E-state index contributed by atoms with van der Waals surface area (Å²) in [6.07, 6.45) is -0.166. The maximum atomic E-state index is 14.4. The molecule has 2 saturated heterocycles. The topological polar surface area (TPSA) is 204 Å². The number of hydrogen-bond acceptors (Lipinski definition) is 9. The first-order chi connectivity index (χ1) is 24.5. The van der Waals surface area contributed by atoms with Crippen molar-refractivity contribution in [1.29, 1.82) is 0 Å². The summed E-state index contributed by atoms with van der Waals surface area (Å²) in [5.74, 6) is -3.11. The molecule has 0 radical (unpaired) electrons. The summed E-state index contributed by atoms with van der Waals surface area (Å²) in [5, 5.41) is 24.1. The van der Waals surface area contributed by atoms with E-state index in [1.807, 2.05) is 18.2 Å². The summed E-state index contributed by atoms with van der Waals surface area (Å²) in [4.78, 5) is 81.9. The number of aliphatic hydroxyl groups excluding tert-OH is 1. The number of rotatable bonds is 5. The fraction of sp³-hybridized carbons (Fsp3) is 0.500. The van der Waals surface area contributed by atoms with E-state index in [1.54, 1.807) is 36.4 Å². The molecular formula is C36H46N6O9. The Bertz CT molecular complexity index is 1560. The Morgan fingerprint density at radius 3 is 2.41 bits per heavy atom. The van der Waals surface area contributed by atoms with Crippen molar-refractivity contribution in [3.63, 3.8) is 0 Å². The van der Waals surface area contributed by atoms with Gasteiger partial charge >= 0.3 is 0 Å². The molecule has 15 heteroatoms. The molecule has 51 heavy (non-hydrogen) atoms. The highest BCUT2D eigenvalue weighted by Gasteiger charge is 2.44. The third kappa shape index (κ3) is 10.0. The predicted octanol–water partition coefficient (Wildman–Crippen LogP) is -0.900. The number of benzene rings is 2. The molecule has 2 aromatic carbocycles. The summed E-state index contributed by atoms with van der Waals surface area (Å²) in [6, 6.07) is 10.6. The first-order valence-corrected chi connectivity index (χ1v) is 17.3. The Balaban J connectivity index is 1.44. The van der Waals surface area contributed by atoms with Gasteiger partial charge in [0.2, 0.25) is 29.5 Å². The Hall–Kier alpha value is -5.02. The van der Waals surface area contributed by atoms with Crippen molar-refractivity contribution in [2.75, 3.05) is 26.3 Å². The van der Waals surface area contributed by atoms with Crippen LogP contribution >= 0.6 is 0 Å².